The molecule has 0 aromatic carbocycles. The molecule has 6 nitrogen and oxygen atoms in total. The Morgan fingerprint density at radius 2 is 2.22 bits per heavy atom. The number of rotatable bonds is 2. The molecule has 0 atom stereocenters. The van der Waals surface area contributed by atoms with Gasteiger partial charge < -0.3 is 4.57 Å². The first kappa shape index (κ1) is 11.8. The van der Waals surface area contributed by atoms with Crippen LogP contribution in [0.15, 0.2) is 22.0 Å². The summed E-state index contributed by atoms with van der Waals surface area (Å²) in [5.74, 6) is 0.694. The first-order chi connectivity index (χ1) is 8.59. The lowest BCUT2D eigenvalue weighted by molar-refractivity contribution is 0.336. The van der Waals surface area contributed by atoms with Gasteiger partial charge in [-0.25, -0.2) is 8.42 Å². The maximum Gasteiger partial charge on any atom is 0.253 e. The van der Waals surface area contributed by atoms with E-state index in [2.05, 4.69) is 10.2 Å². The highest BCUT2D eigenvalue weighted by Gasteiger charge is 2.31. The fraction of sp³-hybridized carbons (Fsp3) is 0.400. The molecule has 3 rings (SSSR count). The average Bonchev–Trinajstić information content (AvgIpc) is 2.95. The highest BCUT2D eigenvalue weighted by Crippen LogP contribution is 2.27. The largest absolute Gasteiger partial charge is 0.315 e. The zero-order chi connectivity index (χ0) is 12.8. The van der Waals surface area contributed by atoms with Gasteiger partial charge in [0.05, 0.1) is 6.54 Å². The third-order valence-electron chi connectivity index (χ3n) is 2.99. The van der Waals surface area contributed by atoms with Gasteiger partial charge in [0.2, 0.25) is 0 Å². The summed E-state index contributed by atoms with van der Waals surface area (Å²) in [5.41, 5.74) is 0.798. The topological polar surface area (TPSA) is 68.1 Å². The fourth-order valence-electron chi connectivity index (χ4n) is 1.99. The summed E-state index contributed by atoms with van der Waals surface area (Å²) in [6.45, 7) is 3.17. The van der Waals surface area contributed by atoms with E-state index >= 15 is 0 Å². The van der Waals surface area contributed by atoms with Crippen LogP contribution in [0.2, 0.25) is 0 Å². The Balaban J connectivity index is 1.95. The van der Waals surface area contributed by atoms with Crippen molar-refractivity contribution in [1.82, 2.24) is 19.1 Å². The quantitative estimate of drug-likeness (QED) is 0.820. The standard InChI is InChI=1S/C10H12N4O2S2/c1-8-2-5-17-10(8)18(15,16)14-4-3-13-7-11-12-9(13)6-14/h2,5,7H,3-4,6H2,1H3. The monoisotopic (exact) mass is 284 g/mol. The molecule has 0 saturated heterocycles. The second-order valence-electron chi connectivity index (χ2n) is 4.17. The van der Waals surface area contributed by atoms with Gasteiger partial charge in [-0.2, -0.15) is 4.31 Å². The zero-order valence-corrected chi connectivity index (χ0v) is 11.4. The summed E-state index contributed by atoms with van der Waals surface area (Å²) in [7, 11) is -3.40. The molecule has 2 aromatic rings. The molecular formula is C10H12N4O2S2. The molecular weight excluding hydrogens is 272 g/mol. The average molecular weight is 284 g/mol. The lowest BCUT2D eigenvalue weighted by Crippen LogP contribution is -2.38. The second-order valence-corrected chi connectivity index (χ2v) is 7.22. The van der Waals surface area contributed by atoms with Crippen LogP contribution in [0.25, 0.3) is 0 Å². The number of nitrogens with zero attached hydrogens (tertiary/aromatic N) is 4. The highest BCUT2D eigenvalue weighted by molar-refractivity contribution is 7.91. The van der Waals surface area contributed by atoms with E-state index in [0.717, 1.165) is 5.56 Å². The van der Waals surface area contributed by atoms with Gasteiger partial charge in [0, 0.05) is 13.1 Å². The van der Waals surface area contributed by atoms with E-state index in [0.29, 0.717) is 29.7 Å². The van der Waals surface area contributed by atoms with Crippen molar-refractivity contribution < 1.29 is 8.42 Å². The predicted octanol–water partition coefficient (Wildman–Crippen LogP) is 0.853. The normalized spacial score (nSPS) is 16.7. The van der Waals surface area contributed by atoms with Gasteiger partial charge in [0.1, 0.15) is 16.4 Å². The fourth-order valence-corrected chi connectivity index (χ4v) is 4.93. The van der Waals surface area contributed by atoms with Crippen LogP contribution in [0.1, 0.15) is 11.4 Å². The number of aromatic nitrogens is 3. The molecule has 96 valence electrons. The summed E-state index contributed by atoms with van der Waals surface area (Å²) in [5, 5.41) is 9.53. The molecule has 0 unspecified atom stereocenters. The summed E-state index contributed by atoms with van der Waals surface area (Å²) in [6.07, 6.45) is 1.63. The van der Waals surface area contributed by atoms with Crippen LogP contribution in [0.3, 0.4) is 0 Å². The maximum absolute atomic E-state index is 12.5. The molecule has 2 aromatic heterocycles. The van der Waals surface area contributed by atoms with E-state index in [1.807, 2.05) is 17.6 Å². The van der Waals surface area contributed by atoms with Crippen molar-refractivity contribution in [1.29, 1.82) is 0 Å². The van der Waals surface area contributed by atoms with Crippen LogP contribution in [0.5, 0.6) is 0 Å². The Bertz CT molecular complexity index is 674. The zero-order valence-electron chi connectivity index (χ0n) is 9.78. The molecule has 0 fully saturated rings. The minimum atomic E-state index is -3.40. The molecule has 1 aliphatic rings. The molecule has 0 bridgehead atoms. The van der Waals surface area contributed by atoms with Crippen molar-refractivity contribution >= 4 is 21.4 Å². The Labute approximate surface area is 109 Å². The lowest BCUT2D eigenvalue weighted by atomic mass is 10.4. The van der Waals surface area contributed by atoms with Gasteiger partial charge in [-0.1, -0.05) is 0 Å². The van der Waals surface area contributed by atoms with Crippen LogP contribution in [-0.4, -0.2) is 34.0 Å². The van der Waals surface area contributed by atoms with Gasteiger partial charge in [-0.15, -0.1) is 21.5 Å². The van der Waals surface area contributed by atoms with E-state index in [9.17, 15) is 8.42 Å². The van der Waals surface area contributed by atoms with Crippen LogP contribution < -0.4 is 0 Å². The number of fused-ring (bicyclic) bond motifs is 1. The Morgan fingerprint density at radius 3 is 2.94 bits per heavy atom. The Morgan fingerprint density at radius 1 is 1.39 bits per heavy atom. The SMILES string of the molecule is Cc1ccsc1S(=O)(=O)N1CCn2cnnc2C1. The number of thiophene rings is 1. The van der Waals surface area contributed by atoms with E-state index in [-0.39, 0.29) is 0 Å². The Hall–Kier alpha value is -1.25. The Kier molecular flexibility index (Phi) is 2.72. The van der Waals surface area contributed by atoms with Gasteiger partial charge in [0.15, 0.2) is 0 Å². The van der Waals surface area contributed by atoms with Crippen LogP contribution in [0.4, 0.5) is 0 Å². The lowest BCUT2D eigenvalue weighted by Gasteiger charge is -2.25. The third-order valence-corrected chi connectivity index (χ3v) is 6.50. The molecule has 3 heterocycles. The molecule has 0 amide bonds. The van der Waals surface area contributed by atoms with Crippen LogP contribution in [0, 0.1) is 6.92 Å². The summed E-state index contributed by atoms with van der Waals surface area (Å²) >= 11 is 1.26. The molecule has 1 aliphatic heterocycles. The van der Waals surface area contributed by atoms with E-state index in [1.54, 1.807) is 11.7 Å². The highest BCUT2D eigenvalue weighted by atomic mass is 32.2. The van der Waals surface area contributed by atoms with E-state index < -0.39 is 10.0 Å². The van der Waals surface area contributed by atoms with Gasteiger partial charge in [-0.3, -0.25) is 0 Å². The molecule has 0 radical (unpaired) electrons. The van der Waals surface area contributed by atoms with Crippen molar-refractivity contribution in [3.63, 3.8) is 0 Å². The molecule has 18 heavy (non-hydrogen) atoms. The summed E-state index contributed by atoms with van der Waals surface area (Å²) in [6, 6.07) is 1.82. The van der Waals surface area contributed by atoms with Crippen molar-refractivity contribution in [2.24, 2.45) is 0 Å². The van der Waals surface area contributed by atoms with Gasteiger partial charge in [-0.05, 0) is 23.9 Å². The number of hydrogen-bond donors (Lipinski definition) is 0. The number of hydrogen-bond acceptors (Lipinski definition) is 5. The summed E-state index contributed by atoms with van der Waals surface area (Å²) in [4.78, 5) is 0. The predicted molar refractivity (Wildman–Crippen MR) is 66.7 cm³/mol. The molecule has 0 spiro atoms. The van der Waals surface area contributed by atoms with Crippen molar-refractivity contribution in [2.75, 3.05) is 6.54 Å². The molecule has 8 heteroatoms. The minimum absolute atomic E-state index is 0.291. The van der Waals surface area contributed by atoms with Crippen molar-refractivity contribution in [3.05, 3.63) is 29.2 Å². The first-order valence-corrected chi connectivity index (χ1v) is 7.82. The third kappa shape index (κ3) is 1.76. The second kappa shape index (κ2) is 4.15. The van der Waals surface area contributed by atoms with E-state index in [4.69, 9.17) is 0 Å². The van der Waals surface area contributed by atoms with Crippen molar-refractivity contribution in [2.45, 2.75) is 24.2 Å². The minimum Gasteiger partial charge on any atom is -0.315 e. The number of sulfonamides is 1. The van der Waals surface area contributed by atoms with E-state index in [1.165, 1.54) is 15.6 Å². The molecule has 0 N–H and O–H groups in total. The molecule has 0 aliphatic carbocycles. The molecule has 0 saturated carbocycles. The van der Waals surface area contributed by atoms with Crippen molar-refractivity contribution in [3.8, 4) is 0 Å². The van der Waals surface area contributed by atoms with Crippen LogP contribution in [-0.2, 0) is 23.1 Å². The smallest absolute Gasteiger partial charge is 0.253 e. The number of aryl methyl sites for hydroxylation is 1. The maximum atomic E-state index is 12.5. The van der Waals surface area contributed by atoms with Gasteiger partial charge in [0.25, 0.3) is 10.0 Å². The summed E-state index contributed by atoms with van der Waals surface area (Å²) < 4.78 is 28.7. The first-order valence-electron chi connectivity index (χ1n) is 5.50. The van der Waals surface area contributed by atoms with Gasteiger partial charge >= 0.3 is 0 Å². The van der Waals surface area contributed by atoms with Crippen LogP contribution >= 0.6 is 11.3 Å².